The zero-order chi connectivity index (χ0) is 24.5. The van der Waals surface area contributed by atoms with Crippen LogP contribution in [0.25, 0.3) is 11.6 Å². The van der Waals surface area contributed by atoms with E-state index in [1.165, 1.54) is 54.6 Å². The highest BCUT2D eigenvalue weighted by Crippen LogP contribution is 2.36. The maximum absolute atomic E-state index is 13.3. The number of phenolic OH excluding ortho intramolecular Hbond substituents is 2. The topological polar surface area (TPSA) is 137 Å². The van der Waals surface area contributed by atoms with E-state index < -0.39 is 21.3 Å². The highest BCUT2D eigenvalue weighted by molar-refractivity contribution is 7.86. The fraction of sp³-hybridized carbons (Fsp3) is 0.120. The molecular weight excluding hydrogens is 456 g/mol. The van der Waals surface area contributed by atoms with Crippen molar-refractivity contribution in [2.24, 2.45) is 0 Å². The molecule has 8 nitrogen and oxygen atoms in total. The lowest BCUT2D eigenvalue weighted by molar-refractivity contribution is -0.00436. The number of Topliss-reactive ketones (excluding diaryl/α,β-unsaturated/α-hetero) is 1. The summed E-state index contributed by atoms with van der Waals surface area (Å²) in [4.78, 5) is 15.2. The summed E-state index contributed by atoms with van der Waals surface area (Å²) in [6.45, 7) is 1.49. The van der Waals surface area contributed by atoms with Crippen molar-refractivity contribution in [3.63, 3.8) is 0 Å². The summed E-state index contributed by atoms with van der Waals surface area (Å²) in [6.07, 6.45) is 2.63. The molecule has 2 N–H and O–H groups in total. The molecule has 1 aliphatic carbocycles. The zero-order valence-corrected chi connectivity index (χ0v) is 18.9. The van der Waals surface area contributed by atoms with Crippen LogP contribution < -0.4 is 0 Å². The number of phenols is 2. The van der Waals surface area contributed by atoms with Gasteiger partial charge in [-0.1, -0.05) is 36.4 Å². The molecule has 4 rings (SSSR count). The van der Waals surface area contributed by atoms with Gasteiger partial charge in [-0.3, -0.25) is 8.98 Å². The summed E-state index contributed by atoms with van der Waals surface area (Å²) in [5.74, 6) is -0.484. The first-order chi connectivity index (χ1) is 16.2. The average molecular weight is 477 g/mol. The highest BCUT2D eigenvalue weighted by Gasteiger charge is 2.35. The number of fused-ring (bicyclic) bond motifs is 1. The summed E-state index contributed by atoms with van der Waals surface area (Å²) in [6, 6.07) is 16.8. The van der Waals surface area contributed by atoms with Gasteiger partial charge in [-0.25, -0.2) is 0 Å². The number of rotatable bonds is 6. The van der Waals surface area contributed by atoms with Crippen molar-refractivity contribution in [2.75, 3.05) is 6.61 Å². The fourth-order valence-corrected chi connectivity index (χ4v) is 5.05. The van der Waals surface area contributed by atoms with Gasteiger partial charge in [0.05, 0.1) is 6.61 Å². The van der Waals surface area contributed by atoms with Crippen molar-refractivity contribution < 1.29 is 32.4 Å². The molecule has 0 fully saturated rings. The summed E-state index contributed by atoms with van der Waals surface area (Å²) in [5, 5.41) is 19.4. The van der Waals surface area contributed by atoms with Crippen LogP contribution in [0.3, 0.4) is 0 Å². The van der Waals surface area contributed by atoms with Crippen LogP contribution >= 0.6 is 0 Å². The van der Waals surface area contributed by atoms with Crippen molar-refractivity contribution in [1.82, 2.24) is 0 Å². The van der Waals surface area contributed by atoms with E-state index in [9.17, 15) is 23.4 Å². The van der Waals surface area contributed by atoms with E-state index in [-0.39, 0.29) is 39.8 Å². The van der Waals surface area contributed by atoms with Crippen molar-refractivity contribution >= 4 is 27.7 Å². The van der Waals surface area contributed by atoms with Crippen molar-refractivity contribution in [3.8, 4) is 11.5 Å². The number of allylic oxidation sites excluding steroid dienone is 1. The van der Waals surface area contributed by atoms with E-state index >= 15 is 0 Å². The molecule has 34 heavy (non-hydrogen) atoms. The molecule has 0 saturated carbocycles. The lowest BCUT2D eigenvalue weighted by atomic mass is 9.77. The monoisotopic (exact) mass is 476 g/mol. The predicted molar refractivity (Wildman–Crippen MR) is 124 cm³/mol. The summed E-state index contributed by atoms with van der Waals surface area (Å²) >= 11 is 0. The first-order valence-corrected chi connectivity index (χ1v) is 11.6. The van der Waals surface area contributed by atoms with Gasteiger partial charge < -0.3 is 15.7 Å². The van der Waals surface area contributed by atoms with Gasteiger partial charge in [0.25, 0.3) is 15.9 Å². The molecule has 0 atom stereocenters. The molecule has 172 valence electrons. The third kappa shape index (κ3) is 4.15. The SMILES string of the molecule is CC(COS(=O)(=O)c1cccc2c1C=CC(=[N+]=[N-])C2=O)(c1ccc(O)cc1)c1ccc(O)cc1. The molecule has 0 aliphatic heterocycles. The van der Waals surface area contributed by atoms with Gasteiger partial charge in [0.2, 0.25) is 0 Å². The van der Waals surface area contributed by atoms with Gasteiger partial charge in [0.1, 0.15) is 16.4 Å². The van der Waals surface area contributed by atoms with E-state index in [0.717, 1.165) is 0 Å². The molecule has 9 heteroatoms. The third-order valence-electron chi connectivity index (χ3n) is 5.84. The number of aromatic hydroxyl groups is 2. The van der Waals surface area contributed by atoms with E-state index in [1.807, 2.05) is 0 Å². The number of carbonyl (C=O) groups is 1. The van der Waals surface area contributed by atoms with E-state index in [1.54, 1.807) is 31.2 Å². The van der Waals surface area contributed by atoms with Crippen LogP contribution in [0.15, 0.2) is 77.7 Å². The van der Waals surface area contributed by atoms with Crippen LogP contribution in [-0.2, 0) is 19.7 Å². The Morgan fingerprint density at radius 3 is 2.00 bits per heavy atom. The van der Waals surface area contributed by atoms with Crippen molar-refractivity contribution in [3.05, 3.63) is 101 Å². The Balaban J connectivity index is 1.73. The second-order valence-corrected chi connectivity index (χ2v) is 9.59. The molecule has 3 aromatic carbocycles. The minimum absolute atomic E-state index is 0.0588. The molecule has 0 spiro atoms. The quantitative estimate of drug-likeness (QED) is 0.316. The van der Waals surface area contributed by atoms with Crippen LogP contribution in [-0.4, -0.2) is 41.5 Å². The second-order valence-electron chi connectivity index (χ2n) is 8.01. The molecule has 1 aliphatic rings. The number of ketones is 1. The molecule has 0 bridgehead atoms. The summed E-state index contributed by atoms with van der Waals surface area (Å²) < 4.78 is 32.0. The first-order valence-electron chi connectivity index (χ1n) is 10.2. The molecule has 0 amide bonds. The van der Waals surface area contributed by atoms with Crippen LogP contribution in [0.5, 0.6) is 11.5 Å². The van der Waals surface area contributed by atoms with Gasteiger partial charge >= 0.3 is 5.71 Å². The van der Waals surface area contributed by atoms with Crippen LogP contribution in [0.4, 0.5) is 0 Å². The minimum Gasteiger partial charge on any atom is -0.508 e. The standard InChI is InChI=1S/C25H20N2O6S/c1-25(16-5-9-18(28)10-6-16,17-7-11-19(29)12-8-17)15-33-34(31,32)23-4-2-3-21-20(23)13-14-22(27-26)24(21)30/h2-14,28-29H,15H2,1H3. The maximum Gasteiger partial charge on any atom is 0.362 e. The number of hydrogen-bond donors (Lipinski definition) is 2. The Labute approximate surface area is 196 Å². The average Bonchev–Trinajstić information content (AvgIpc) is 2.83. The van der Waals surface area contributed by atoms with Crippen LogP contribution in [0.1, 0.15) is 34.0 Å². The fourth-order valence-electron chi connectivity index (χ4n) is 3.84. The second kappa shape index (κ2) is 8.72. The lowest BCUT2D eigenvalue weighted by Crippen LogP contribution is -2.31. The summed E-state index contributed by atoms with van der Waals surface area (Å²) in [7, 11) is -4.32. The van der Waals surface area contributed by atoms with E-state index in [2.05, 4.69) is 4.79 Å². The molecular formula is C25H20N2O6S. The normalized spacial score (nSPS) is 13.4. The van der Waals surface area contributed by atoms with E-state index in [4.69, 9.17) is 9.71 Å². The molecule has 0 radical (unpaired) electrons. The van der Waals surface area contributed by atoms with Gasteiger partial charge in [-0.05, 0) is 54.5 Å². The number of benzene rings is 3. The minimum atomic E-state index is -4.32. The van der Waals surface area contributed by atoms with Crippen molar-refractivity contribution in [2.45, 2.75) is 17.2 Å². The number of hydrogen-bond acceptors (Lipinski definition) is 6. The van der Waals surface area contributed by atoms with E-state index in [0.29, 0.717) is 11.1 Å². The molecule has 0 saturated heterocycles. The molecule has 0 aromatic heterocycles. The number of nitrogens with zero attached hydrogens (tertiary/aromatic N) is 2. The highest BCUT2D eigenvalue weighted by atomic mass is 32.2. The summed E-state index contributed by atoms with van der Waals surface area (Å²) in [5.41, 5.74) is 9.41. The first kappa shape index (κ1) is 23.1. The molecule has 0 heterocycles. The Hall–Kier alpha value is -4.04. The molecule has 3 aromatic rings. The predicted octanol–water partition coefficient (Wildman–Crippen LogP) is 3.69. The number of carbonyl (C=O) groups excluding carboxylic acids is 1. The smallest absolute Gasteiger partial charge is 0.362 e. The zero-order valence-electron chi connectivity index (χ0n) is 18.0. The maximum atomic E-state index is 13.3. The third-order valence-corrected chi connectivity index (χ3v) is 7.16. The van der Waals surface area contributed by atoms with Crippen LogP contribution in [0.2, 0.25) is 0 Å². The Kier molecular flexibility index (Phi) is 5.93. The Morgan fingerprint density at radius 1 is 0.912 bits per heavy atom. The van der Waals surface area contributed by atoms with Crippen molar-refractivity contribution in [1.29, 1.82) is 0 Å². The van der Waals surface area contributed by atoms with Gasteiger partial charge in [-0.2, -0.15) is 13.2 Å². The van der Waals surface area contributed by atoms with Gasteiger partial charge in [-0.15, -0.1) is 0 Å². The van der Waals surface area contributed by atoms with Crippen LogP contribution in [0, 0.1) is 0 Å². The van der Waals surface area contributed by atoms with Gasteiger partial charge in [0.15, 0.2) is 0 Å². The Bertz CT molecular complexity index is 1410. The lowest BCUT2D eigenvalue weighted by Gasteiger charge is -2.30. The Morgan fingerprint density at radius 2 is 1.47 bits per heavy atom. The largest absolute Gasteiger partial charge is 0.508 e. The van der Waals surface area contributed by atoms with Gasteiger partial charge in [0, 0.05) is 22.6 Å². The molecule has 0 unspecified atom stereocenters.